The summed E-state index contributed by atoms with van der Waals surface area (Å²) in [6.07, 6.45) is 1.59. The highest BCUT2D eigenvalue weighted by atomic mass is 35.5. The maximum atomic E-state index is 13.3. The second kappa shape index (κ2) is 15.2. The first-order chi connectivity index (χ1) is 21.9. The molecule has 5 rings (SSSR count). The largest absolute Gasteiger partial charge is 0.497 e. The highest BCUT2D eigenvalue weighted by Crippen LogP contribution is 2.27. The smallest absolute Gasteiger partial charge is 0.272 e. The average Bonchev–Trinajstić information content (AvgIpc) is 3.53. The molecular formula is C34H27ClN4O4S2. The monoisotopic (exact) mass is 654 g/mol. The SMILES string of the molecule is COc1cccc(/C=C(\NC(=O)c2ccccc2)C(=O)Nc2ccc(SCC(=O)Nc3nc(-c4ccc(Cl)cc4)cs3)cc2)c1. The lowest BCUT2D eigenvalue weighted by Crippen LogP contribution is -2.30. The molecule has 226 valence electrons. The van der Waals surface area contributed by atoms with E-state index in [4.69, 9.17) is 16.3 Å². The molecule has 0 fully saturated rings. The molecule has 11 heteroatoms. The van der Waals surface area contributed by atoms with Crippen molar-refractivity contribution in [1.82, 2.24) is 10.3 Å². The van der Waals surface area contributed by atoms with Gasteiger partial charge < -0.3 is 20.7 Å². The maximum Gasteiger partial charge on any atom is 0.272 e. The summed E-state index contributed by atoms with van der Waals surface area (Å²) >= 11 is 8.66. The number of halogens is 1. The van der Waals surface area contributed by atoms with Gasteiger partial charge in [-0.1, -0.05) is 54.1 Å². The van der Waals surface area contributed by atoms with Gasteiger partial charge in [0, 0.05) is 32.1 Å². The number of carbonyl (C=O) groups excluding carboxylic acids is 3. The lowest BCUT2D eigenvalue weighted by molar-refractivity contribution is -0.114. The van der Waals surface area contributed by atoms with Gasteiger partial charge in [0.15, 0.2) is 5.13 Å². The highest BCUT2D eigenvalue weighted by Gasteiger charge is 2.16. The van der Waals surface area contributed by atoms with E-state index in [9.17, 15) is 14.4 Å². The number of benzene rings is 4. The summed E-state index contributed by atoms with van der Waals surface area (Å²) in [6, 6.07) is 30.2. The zero-order chi connectivity index (χ0) is 31.6. The minimum atomic E-state index is -0.497. The van der Waals surface area contributed by atoms with E-state index in [1.807, 2.05) is 35.7 Å². The summed E-state index contributed by atoms with van der Waals surface area (Å²) in [6.45, 7) is 0. The second-order valence-corrected chi connectivity index (χ2v) is 11.9. The predicted octanol–water partition coefficient (Wildman–Crippen LogP) is 7.61. The van der Waals surface area contributed by atoms with Crippen LogP contribution >= 0.6 is 34.7 Å². The molecule has 0 aliphatic carbocycles. The fourth-order valence-electron chi connectivity index (χ4n) is 4.06. The Morgan fingerprint density at radius 3 is 2.40 bits per heavy atom. The van der Waals surface area contributed by atoms with Gasteiger partial charge in [-0.25, -0.2) is 4.98 Å². The Balaban J connectivity index is 1.19. The highest BCUT2D eigenvalue weighted by molar-refractivity contribution is 8.00. The number of aromatic nitrogens is 1. The number of anilines is 2. The molecule has 0 unspecified atom stereocenters. The number of thiazole rings is 1. The maximum absolute atomic E-state index is 13.3. The van der Waals surface area contributed by atoms with Crippen molar-refractivity contribution in [2.45, 2.75) is 4.90 Å². The summed E-state index contributed by atoms with van der Waals surface area (Å²) < 4.78 is 5.29. The fourth-order valence-corrected chi connectivity index (χ4v) is 5.62. The van der Waals surface area contributed by atoms with E-state index in [1.54, 1.807) is 86.0 Å². The van der Waals surface area contributed by atoms with Gasteiger partial charge in [0.2, 0.25) is 5.91 Å². The van der Waals surface area contributed by atoms with E-state index in [2.05, 4.69) is 20.9 Å². The number of hydrogen-bond donors (Lipinski definition) is 3. The van der Waals surface area contributed by atoms with Crippen molar-refractivity contribution in [1.29, 1.82) is 0 Å². The average molecular weight is 655 g/mol. The number of nitrogens with zero attached hydrogens (tertiary/aromatic N) is 1. The van der Waals surface area contributed by atoms with Crippen molar-refractivity contribution < 1.29 is 19.1 Å². The normalized spacial score (nSPS) is 11.0. The number of amides is 3. The molecule has 5 aromatic rings. The van der Waals surface area contributed by atoms with Crippen LogP contribution in [0.15, 0.2) is 119 Å². The van der Waals surface area contributed by atoms with Crippen LogP contribution in [0.2, 0.25) is 5.02 Å². The molecular weight excluding hydrogens is 628 g/mol. The molecule has 3 amide bonds. The van der Waals surface area contributed by atoms with Crippen molar-refractivity contribution in [3.63, 3.8) is 0 Å². The Labute approximate surface area is 273 Å². The van der Waals surface area contributed by atoms with E-state index in [1.165, 1.54) is 23.1 Å². The van der Waals surface area contributed by atoms with Crippen LogP contribution in [0, 0.1) is 0 Å². The molecule has 0 aliphatic rings. The van der Waals surface area contributed by atoms with E-state index >= 15 is 0 Å². The third-order valence-corrected chi connectivity index (χ3v) is 8.33. The van der Waals surface area contributed by atoms with Crippen molar-refractivity contribution in [2.75, 3.05) is 23.5 Å². The van der Waals surface area contributed by atoms with Crippen LogP contribution in [-0.4, -0.2) is 35.6 Å². The Bertz CT molecular complexity index is 1830. The van der Waals surface area contributed by atoms with Crippen LogP contribution in [0.3, 0.4) is 0 Å². The molecule has 0 saturated carbocycles. The number of ether oxygens (including phenoxy) is 1. The van der Waals surface area contributed by atoms with Crippen molar-refractivity contribution in [3.05, 3.63) is 130 Å². The molecule has 1 aromatic heterocycles. The number of carbonyl (C=O) groups is 3. The Hall–Kier alpha value is -4.90. The Kier molecular flexibility index (Phi) is 10.7. The molecule has 3 N–H and O–H groups in total. The van der Waals surface area contributed by atoms with Crippen LogP contribution in [0.1, 0.15) is 15.9 Å². The Morgan fingerprint density at radius 1 is 0.911 bits per heavy atom. The van der Waals surface area contributed by atoms with E-state index in [0.717, 1.165) is 16.2 Å². The van der Waals surface area contributed by atoms with Gasteiger partial charge >= 0.3 is 0 Å². The number of nitrogens with one attached hydrogen (secondary N) is 3. The van der Waals surface area contributed by atoms with Crippen LogP contribution < -0.4 is 20.7 Å². The molecule has 0 spiro atoms. The van der Waals surface area contributed by atoms with E-state index in [-0.39, 0.29) is 17.4 Å². The molecule has 0 aliphatic heterocycles. The molecule has 0 radical (unpaired) electrons. The predicted molar refractivity (Wildman–Crippen MR) is 182 cm³/mol. The third kappa shape index (κ3) is 9.05. The molecule has 45 heavy (non-hydrogen) atoms. The summed E-state index contributed by atoms with van der Waals surface area (Å²) in [7, 11) is 1.56. The molecule has 0 saturated heterocycles. The van der Waals surface area contributed by atoms with Crippen LogP contribution in [0.25, 0.3) is 17.3 Å². The van der Waals surface area contributed by atoms with Crippen LogP contribution in [0.4, 0.5) is 10.8 Å². The first-order valence-electron chi connectivity index (χ1n) is 13.6. The van der Waals surface area contributed by atoms with Gasteiger partial charge in [-0.2, -0.15) is 0 Å². The van der Waals surface area contributed by atoms with Gasteiger partial charge in [0.1, 0.15) is 11.4 Å². The second-order valence-electron chi connectivity index (χ2n) is 9.51. The lowest BCUT2D eigenvalue weighted by Gasteiger charge is -2.12. The lowest BCUT2D eigenvalue weighted by atomic mass is 10.1. The van der Waals surface area contributed by atoms with Gasteiger partial charge in [0.05, 0.1) is 18.6 Å². The zero-order valence-corrected chi connectivity index (χ0v) is 26.3. The van der Waals surface area contributed by atoms with E-state index < -0.39 is 11.8 Å². The molecule has 4 aromatic carbocycles. The van der Waals surface area contributed by atoms with Crippen molar-refractivity contribution >= 4 is 69.3 Å². The third-order valence-electron chi connectivity index (χ3n) is 6.31. The zero-order valence-electron chi connectivity index (χ0n) is 24.0. The topological polar surface area (TPSA) is 109 Å². The fraction of sp³-hybridized carbons (Fsp3) is 0.0588. The van der Waals surface area contributed by atoms with Gasteiger partial charge in [0.25, 0.3) is 11.8 Å². The molecule has 0 atom stereocenters. The number of hydrogen-bond acceptors (Lipinski definition) is 7. The van der Waals surface area contributed by atoms with Crippen LogP contribution in [-0.2, 0) is 9.59 Å². The van der Waals surface area contributed by atoms with E-state index in [0.29, 0.717) is 32.7 Å². The van der Waals surface area contributed by atoms with Gasteiger partial charge in [-0.3, -0.25) is 14.4 Å². The first-order valence-corrected chi connectivity index (χ1v) is 15.9. The minimum absolute atomic E-state index is 0.0636. The van der Waals surface area contributed by atoms with Gasteiger partial charge in [-0.05, 0) is 72.3 Å². The first kappa shape index (κ1) is 31.5. The minimum Gasteiger partial charge on any atom is -0.497 e. The molecule has 1 heterocycles. The van der Waals surface area contributed by atoms with Gasteiger partial charge in [-0.15, -0.1) is 23.1 Å². The molecule has 0 bridgehead atoms. The summed E-state index contributed by atoms with van der Waals surface area (Å²) in [5.41, 5.74) is 3.36. The summed E-state index contributed by atoms with van der Waals surface area (Å²) in [4.78, 5) is 44.1. The molecule has 8 nitrogen and oxygen atoms in total. The quantitative estimate of drug-likeness (QED) is 0.0999. The number of thioether (sulfide) groups is 1. The Morgan fingerprint density at radius 2 is 1.67 bits per heavy atom. The summed E-state index contributed by atoms with van der Waals surface area (Å²) in [5, 5.41) is 11.4. The van der Waals surface area contributed by atoms with Crippen molar-refractivity contribution in [2.24, 2.45) is 0 Å². The van der Waals surface area contributed by atoms with Crippen molar-refractivity contribution in [3.8, 4) is 17.0 Å². The summed E-state index contributed by atoms with van der Waals surface area (Å²) in [5.74, 6) is -0.294. The number of rotatable bonds is 11. The number of methoxy groups -OCH3 is 1. The van der Waals surface area contributed by atoms with Crippen LogP contribution in [0.5, 0.6) is 5.75 Å². The standard InChI is InChI=1S/C34H27ClN4O4S2/c1-43-27-9-5-6-22(18-27)19-29(37-32(41)24-7-3-2-4-8-24)33(42)36-26-14-16-28(17-15-26)44-21-31(40)39-34-38-30(20-45-34)23-10-12-25(35)13-11-23/h2-20H,21H2,1H3,(H,36,42)(H,37,41)(H,38,39,40)/b29-19-.